The Kier molecular flexibility index (Phi) is 4.61. The summed E-state index contributed by atoms with van der Waals surface area (Å²) in [6.45, 7) is 0. The standard InChI is InChI=1S/C15H16N2O4/c1-19-10-14(15(18)20-2)17-7-6-12-5-4-11(8-13(12)17)9-16-21-3/h4-10H,1-3H3/b14-10-,16-9+. The molecule has 0 bridgehead atoms. The molecular formula is C15H16N2O4. The number of rotatable bonds is 5. The van der Waals surface area contributed by atoms with Crippen LogP contribution in [0.4, 0.5) is 0 Å². The number of hydrogen-bond donors (Lipinski definition) is 0. The molecule has 0 radical (unpaired) electrons. The van der Waals surface area contributed by atoms with Crippen LogP contribution in [-0.4, -0.2) is 38.1 Å². The lowest BCUT2D eigenvalue weighted by Gasteiger charge is -2.08. The van der Waals surface area contributed by atoms with Crippen LogP contribution in [0.2, 0.25) is 0 Å². The summed E-state index contributed by atoms with van der Waals surface area (Å²) in [5, 5.41) is 4.71. The van der Waals surface area contributed by atoms with Crippen LogP contribution in [0.15, 0.2) is 41.9 Å². The molecule has 0 atom stereocenters. The van der Waals surface area contributed by atoms with Gasteiger partial charge >= 0.3 is 5.97 Å². The molecule has 0 fully saturated rings. The Bertz CT molecular complexity index is 701. The number of hydrogen-bond acceptors (Lipinski definition) is 5. The molecule has 0 aliphatic heterocycles. The van der Waals surface area contributed by atoms with E-state index in [9.17, 15) is 4.79 Å². The minimum absolute atomic E-state index is 0.288. The Labute approximate surface area is 122 Å². The van der Waals surface area contributed by atoms with Crippen molar-refractivity contribution in [1.82, 2.24) is 4.57 Å². The average molecular weight is 288 g/mol. The van der Waals surface area contributed by atoms with Gasteiger partial charge in [0, 0.05) is 6.20 Å². The summed E-state index contributed by atoms with van der Waals surface area (Å²) < 4.78 is 11.4. The normalized spacial score (nSPS) is 11.9. The van der Waals surface area contributed by atoms with Crippen molar-refractivity contribution < 1.29 is 19.1 Å². The maximum absolute atomic E-state index is 11.9. The van der Waals surface area contributed by atoms with Gasteiger partial charge in [-0.25, -0.2) is 4.79 Å². The molecule has 2 aromatic rings. The maximum atomic E-state index is 11.9. The van der Waals surface area contributed by atoms with Crippen molar-refractivity contribution in [1.29, 1.82) is 0 Å². The van der Waals surface area contributed by atoms with Gasteiger partial charge in [0.1, 0.15) is 13.4 Å². The number of oxime groups is 1. The fourth-order valence-electron chi connectivity index (χ4n) is 1.97. The first-order chi connectivity index (χ1) is 10.2. The zero-order valence-corrected chi connectivity index (χ0v) is 12.1. The second-order valence-electron chi connectivity index (χ2n) is 4.15. The van der Waals surface area contributed by atoms with Crippen LogP contribution in [-0.2, 0) is 19.1 Å². The highest BCUT2D eigenvalue weighted by Crippen LogP contribution is 2.21. The van der Waals surface area contributed by atoms with Gasteiger partial charge in [-0.3, -0.25) is 0 Å². The first-order valence-corrected chi connectivity index (χ1v) is 6.20. The highest BCUT2D eigenvalue weighted by atomic mass is 16.6. The molecule has 1 aromatic heterocycles. The third-order valence-electron chi connectivity index (χ3n) is 2.91. The van der Waals surface area contributed by atoms with E-state index in [2.05, 4.69) is 9.99 Å². The van der Waals surface area contributed by atoms with E-state index in [0.29, 0.717) is 0 Å². The van der Waals surface area contributed by atoms with E-state index in [0.717, 1.165) is 16.5 Å². The van der Waals surface area contributed by atoms with Crippen LogP contribution in [0, 0.1) is 0 Å². The van der Waals surface area contributed by atoms with Gasteiger partial charge in [0.05, 0.1) is 26.0 Å². The monoisotopic (exact) mass is 288 g/mol. The minimum atomic E-state index is -0.481. The first-order valence-electron chi connectivity index (χ1n) is 6.20. The van der Waals surface area contributed by atoms with Crippen LogP contribution in [0.5, 0.6) is 0 Å². The predicted octanol–water partition coefficient (Wildman–Crippen LogP) is 2.24. The number of ether oxygens (including phenoxy) is 2. The highest BCUT2D eigenvalue weighted by molar-refractivity contribution is 6.11. The van der Waals surface area contributed by atoms with Crippen LogP contribution in [0.25, 0.3) is 16.6 Å². The topological polar surface area (TPSA) is 62.0 Å². The van der Waals surface area contributed by atoms with E-state index in [1.165, 1.54) is 27.6 Å². The number of methoxy groups -OCH3 is 2. The Morgan fingerprint density at radius 3 is 2.71 bits per heavy atom. The number of aromatic nitrogens is 1. The molecule has 0 saturated carbocycles. The second-order valence-corrected chi connectivity index (χ2v) is 4.15. The molecule has 0 aliphatic carbocycles. The van der Waals surface area contributed by atoms with Gasteiger partial charge in [-0.2, -0.15) is 0 Å². The molecule has 0 unspecified atom stereocenters. The lowest BCUT2D eigenvalue weighted by atomic mass is 10.2. The van der Waals surface area contributed by atoms with Gasteiger partial charge in [0.2, 0.25) is 0 Å². The molecule has 21 heavy (non-hydrogen) atoms. The molecule has 0 aliphatic rings. The Morgan fingerprint density at radius 2 is 2.05 bits per heavy atom. The van der Waals surface area contributed by atoms with Gasteiger partial charge in [-0.1, -0.05) is 17.3 Å². The fourth-order valence-corrected chi connectivity index (χ4v) is 1.97. The fraction of sp³-hybridized carbons (Fsp3) is 0.200. The number of carbonyl (C=O) groups is 1. The van der Waals surface area contributed by atoms with Gasteiger partial charge in [-0.15, -0.1) is 0 Å². The molecule has 1 aromatic carbocycles. The maximum Gasteiger partial charge on any atom is 0.358 e. The van der Waals surface area contributed by atoms with Gasteiger partial charge in [0.15, 0.2) is 5.70 Å². The van der Waals surface area contributed by atoms with Crippen molar-refractivity contribution in [3.8, 4) is 0 Å². The number of fused-ring (bicyclic) bond motifs is 1. The van der Waals surface area contributed by atoms with Crippen LogP contribution in [0.3, 0.4) is 0 Å². The van der Waals surface area contributed by atoms with Crippen LogP contribution < -0.4 is 0 Å². The van der Waals surface area contributed by atoms with Gasteiger partial charge in [0.25, 0.3) is 0 Å². The molecule has 2 rings (SSSR count). The van der Waals surface area contributed by atoms with E-state index in [1.54, 1.807) is 17.0 Å². The van der Waals surface area contributed by atoms with Crippen molar-refractivity contribution in [2.45, 2.75) is 0 Å². The summed E-state index contributed by atoms with van der Waals surface area (Å²) in [6, 6.07) is 7.64. The molecule has 6 nitrogen and oxygen atoms in total. The Hall–Kier alpha value is -2.76. The van der Waals surface area contributed by atoms with Gasteiger partial charge < -0.3 is 18.9 Å². The van der Waals surface area contributed by atoms with E-state index in [-0.39, 0.29) is 5.70 Å². The molecule has 0 amide bonds. The highest BCUT2D eigenvalue weighted by Gasteiger charge is 2.15. The van der Waals surface area contributed by atoms with Crippen molar-refractivity contribution in [3.05, 3.63) is 42.3 Å². The summed E-state index contributed by atoms with van der Waals surface area (Å²) in [5.41, 5.74) is 1.98. The van der Waals surface area contributed by atoms with Gasteiger partial charge in [-0.05, 0) is 23.1 Å². The molecule has 0 saturated heterocycles. The summed E-state index contributed by atoms with van der Waals surface area (Å²) in [7, 11) is 4.29. The van der Waals surface area contributed by atoms with Crippen molar-refractivity contribution in [3.63, 3.8) is 0 Å². The molecular weight excluding hydrogens is 272 g/mol. The van der Waals surface area contributed by atoms with Crippen molar-refractivity contribution in [2.24, 2.45) is 5.16 Å². The summed E-state index contributed by atoms with van der Waals surface area (Å²) >= 11 is 0. The smallest absolute Gasteiger partial charge is 0.358 e. The summed E-state index contributed by atoms with van der Waals surface area (Å²) in [5.74, 6) is -0.481. The zero-order valence-electron chi connectivity index (χ0n) is 12.1. The summed E-state index contributed by atoms with van der Waals surface area (Å²) in [6.07, 6.45) is 4.72. The SMILES string of the molecule is CO/C=C(/C(=O)OC)n1ccc2ccc(/C=N/OC)cc21. The third kappa shape index (κ3) is 3.05. The van der Waals surface area contributed by atoms with E-state index in [4.69, 9.17) is 9.47 Å². The average Bonchev–Trinajstić information content (AvgIpc) is 2.92. The molecule has 1 heterocycles. The van der Waals surface area contributed by atoms with E-state index >= 15 is 0 Å². The Balaban J connectivity index is 2.55. The lowest BCUT2D eigenvalue weighted by molar-refractivity contribution is -0.134. The third-order valence-corrected chi connectivity index (χ3v) is 2.91. The molecule has 0 N–H and O–H groups in total. The molecule has 110 valence electrons. The van der Waals surface area contributed by atoms with Crippen LogP contribution in [0.1, 0.15) is 5.56 Å². The largest absolute Gasteiger partial charge is 0.502 e. The first kappa shape index (κ1) is 14.6. The van der Waals surface area contributed by atoms with Crippen LogP contribution >= 0.6 is 0 Å². The zero-order chi connectivity index (χ0) is 15.2. The van der Waals surface area contributed by atoms with Crippen molar-refractivity contribution in [2.75, 3.05) is 21.3 Å². The minimum Gasteiger partial charge on any atom is -0.502 e. The number of nitrogens with zero attached hydrogens (tertiary/aromatic N) is 2. The van der Waals surface area contributed by atoms with E-state index in [1.807, 2.05) is 24.3 Å². The number of carbonyl (C=O) groups excluding carboxylic acids is 1. The van der Waals surface area contributed by atoms with Crippen molar-refractivity contribution >= 4 is 28.8 Å². The number of esters is 1. The molecule has 0 spiro atoms. The molecule has 6 heteroatoms. The summed E-state index contributed by atoms with van der Waals surface area (Å²) in [4.78, 5) is 16.5. The second kappa shape index (κ2) is 6.60. The quantitative estimate of drug-likeness (QED) is 0.278. The number of benzene rings is 1. The van der Waals surface area contributed by atoms with E-state index < -0.39 is 5.97 Å². The lowest BCUT2D eigenvalue weighted by Crippen LogP contribution is -2.10. The predicted molar refractivity (Wildman–Crippen MR) is 79.8 cm³/mol. The Morgan fingerprint density at radius 1 is 1.24 bits per heavy atom.